The highest BCUT2D eigenvalue weighted by Gasteiger charge is 2.18. The van der Waals surface area contributed by atoms with Gasteiger partial charge < -0.3 is 20.1 Å². The van der Waals surface area contributed by atoms with E-state index in [1.165, 1.54) is 6.08 Å². The van der Waals surface area contributed by atoms with E-state index in [9.17, 15) is 14.4 Å². The molecule has 1 heterocycles. The molecule has 2 amide bonds. The molecule has 16 heavy (non-hydrogen) atoms. The van der Waals surface area contributed by atoms with Gasteiger partial charge in [0.25, 0.3) is 0 Å². The Hall–Kier alpha value is -2.05. The molecule has 7 nitrogen and oxygen atoms in total. The van der Waals surface area contributed by atoms with Gasteiger partial charge in [-0.05, 0) is 13.0 Å². The Balaban J connectivity index is 2.26. The minimum absolute atomic E-state index is 0.0707. The quantitative estimate of drug-likeness (QED) is 0.620. The third-order valence-electron chi connectivity index (χ3n) is 1.67. The zero-order valence-electron chi connectivity index (χ0n) is 8.74. The average Bonchev–Trinajstić information content (AvgIpc) is 2.62. The maximum Gasteiger partial charge on any atom is 0.354 e. The largest absolute Gasteiger partial charge is 0.465 e. The van der Waals surface area contributed by atoms with Crippen LogP contribution < -0.4 is 10.6 Å². The van der Waals surface area contributed by atoms with Gasteiger partial charge in [0, 0.05) is 0 Å². The van der Waals surface area contributed by atoms with Gasteiger partial charge in [-0.15, -0.1) is 0 Å². The van der Waals surface area contributed by atoms with Crippen molar-refractivity contribution in [2.75, 3.05) is 19.8 Å². The molecule has 0 aromatic rings. The van der Waals surface area contributed by atoms with Crippen LogP contribution in [0.15, 0.2) is 11.8 Å². The molecular formula is C9H12N2O5. The Morgan fingerprint density at radius 3 is 2.88 bits per heavy atom. The first-order valence-electron chi connectivity index (χ1n) is 4.71. The van der Waals surface area contributed by atoms with Crippen molar-refractivity contribution in [3.8, 4) is 0 Å². The first-order valence-corrected chi connectivity index (χ1v) is 4.71. The number of carbonyl (C=O) groups is 3. The van der Waals surface area contributed by atoms with E-state index in [1.807, 2.05) is 0 Å². The number of carbonyl (C=O) groups excluding carboxylic acids is 3. The molecule has 0 bridgehead atoms. The number of hydrogen-bond acceptors (Lipinski definition) is 5. The molecule has 0 saturated carbocycles. The number of nitrogens with one attached hydrogen (secondary N) is 2. The fourth-order valence-corrected chi connectivity index (χ4v) is 0.995. The van der Waals surface area contributed by atoms with E-state index in [4.69, 9.17) is 0 Å². The molecule has 0 atom stereocenters. The molecule has 88 valence electrons. The van der Waals surface area contributed by atoms with Gasteiger partial charge in [-0.25, -0.2) is 9.59 Å². The van der Waals surface area contributed by atoms with Crippen LogP contribution in [-0.2, 0) is 19.1 Å². The topological polar surface area (TPSA) is 93.7 Å². The lowest BCUT2D eigenvalue weighted by atomic mass is 10.4. The van der Waals surface area contributed by atoms with E-state index in [-0.39, 0.29) is 25.5 Å². The summed E-state index contributed by atoms with van der Waals surface area (Å²) in [7, 11) is 0. The van der Waals surface area contributed by atoms with Crippen molar-refractivity contribution >= 4 is 18.0 Å². The molecule has 0 fully saturated rings. The molecule has 1 rings (SSSR count). The summed E-state index contributed by atoms with van der Waals surface area (Å²) in [6, 6.07) is -0.654. The second-order valence-corrected chi connectivity index (χ2v) is 2.83. The maximum absolute atomic E-state index is 11.2. The van der Waals surface area contributed by atoms with Crippen LogP contribution in [0.25, 0.3) is 0 Å². The van der Waals surface area contributed by atoms with Crippen molar-refractivity contribution in [1.82, 2.24) is 10.6 Å². The fraction of sp³-hybridized carbons (Fsp3) is 0.444. The lowest BCUT2D eigenvalue weighted by molar-refractivity contribution is -0.141. The summed E-state index contributed by atoms with van der Waals surface area (Å²) in [6.07, 6.45) is 1.44. The van der Waals surface area contributed by atoms with Gasteiger partial charge in [0.15, 0.2) is 0 Å². The second-order valence-electron chi connectivity index (χ2n) is 2.83. The average molecular weight is 228 g/mol. The van der Waals surface area contributed by atoms with Crippen molar-refractivity contribution in [3.63, 3.8) is 0 Å². The van der Waals surface area contributed by atoms with Gasteiger partial charge in [-0.3, -0.25) is 4.79 Å². The molecule has 0 unspecified atom stereocenters. The van der Waals surface area contributed by atoms with Gasteiger partial charge in [0.1, 0.15) is 18.8 Å². The lowest BCUT2D eigenvalue weighted by Crippen LogP contribution is -2.39. The molecule has 1 aliphatic rings. The highest BCUT2D eigenvalue weighted by atomic mass is 16.5. The number of ether oxygens (including phenoxy) is 2. The minimum atomic E-state index is -0.654. The Morgan fingerprint density at radius 2 is 2.31 bits per heavy atom. The molecule has 0 radical (unpaired) electrons. The highest BCUT2D eigenvalue weighted by molar-refractivity contribution is 5.95. The molecular weight excluding hydrogens is 216 g/mol. The third-order valence-corrected chi connectivity index (χ3v) is 1.67. The monoisotopic (exact) mass is 228 g/mol. The van der Waals surface area contributed by atoms with Crippen molar-refractivity contribution in [1.29, 1.82) is 0 Å². The molecule has 0 aromatic heterocycles. The van der Waals surface area contributed by atoms with Crippen molar-refractivity contribution in [3.05, 3.63) is 11.8 Å². The standard InChI is InChI=1S/C9H12N2O5/c1-2-15-7(12)5-10-9(14)11-6-3-4-16-8(6)13/h3H,2,4-5H2,1H3,(H2,10,11,14). The highest BCUT2D eigenvalue weighted by Crippen LogP contribution is 2.01. The number of rotatable bonds is 4. The van der Waals surface area contributed by atoms with E-state index in [1.54, 1.807) is 6.92 Å². The van der Waals surface area contributed by atoms with Crippen molar-refractivity contribution in [2.45, 2.75) is 6.92 Å². The molecule has 0 saturated heterocycles. The summed E-state index contributed by atoms with van der Waals surface area (Å²) in [6.45, 7) is 1.81. The van der Waals surface area contributed by atoms with E-state index in [0.29, 0.717) is 0 Å². The smallest absolute Gasteiger partial charge is 0.354 e. The zero-order valence-corrected chi connectivity index (χ0v) is 8.74. The lowest BCUT2D eigenvalue weighted by Gasteiger charge is -2.06. The molecule has 1 aliphatic heterocycles. The first-order chi connectivity index (χ1) is 7.63. The minimum Gasteiger partial charge on any atom is -0.465 e. The van der Waals surface area contributed by atoms with E-state index in [0.717, 1.165) is 0 Å². The number of amides is 2. The van der Waals surface area contributed by atoms with Gasteiger partial charge in [0.05, 0.1) is 6.61 Å². The third kappa shape index (κ3) is 3.60. The Kier molecular flexibility index (Phi) is 4.31. The predicted molar refractivity (Wildman–Crippen MR) is 52.2 cm³/mol. The van der Waals surface area contributed by atoms with E-state index >= 15 is 0 Å². The fourth-order valence-electron chi connectivity index (χ4n) is 0.995. The van der Waals surface area contributed by atoms with Crippen LogP contribution in [0.1, 0.15) is 6.92 Å². The summed E-state index contributed by atoms with van der Waals surface area (Å²) < 4.78 is 9.16. The Bertz CT molecular complexity index is 337. The van der Waals surface area contributed by atoms with E-state index < -0.39 is 18.0 Å². The number of hydrogen-bond donors (Lipinski definition) is 2. The Labute approximate surface area is 91.8 Å². The second kappa shape index (κ2) is 5.74. The summed E-state index contributed by atoms with van der Waals surface area (Å²) >= 11 is 0. The van der Waals surface area contributed by atoms with Crippen LogP contribution >= 0.6 is 0 Å². The van der Waals surface area contributed by atoms with Crippen LogP contribution in [0.3, 0.4) is 0 Å². The normalized spacial score (nSPS) is 13.8. The number of cyclic esters (lactones) is 1. The first kappa shape index (κ1) is 12.0. The SMILES string of the molecule is CCOC(=O)CNC(=O)NC1=CCOC1=O. The van der Waals surface area contributed by atoms with Gasteiger partial charge in [-0.2, -0.15) is 0 Å². The molecule has 2 N–H and O–H groups in total. The Morgan fingerprint density at radius 1 is 1.56 bits per heavy atom. The number of esters is 2. The molecule has 0 aliphatic carbocycles. The van der Waals surface area contributed by atoms with Gasteiger partial charge >= 0.3 is 18.0 Å². The summed E-state index contributed by atoms with van der Waals surface area (Å²) in [5.74, 6) is -1.13. The van der Waals surface area contributed by atoms with Crippen LogP contribution in [0.4, 0.5) is 4.79 Å². The maximum atomic E-state index is 11.2. The van der Waals surface area contributed by atoms with Crippen LogP contribution in [0.2, 0.25) is 0 Å². The van der Waals surface area contributed by atoms with Crippen LogP contribution in [0.5, 0.6) is 0 Å². The number of urea groups is 1. The van der Waals surface area contributed by atoms with Crippen molar-refractivity contribution in [2.24, 2.45) is 0 Å². The molecule has 7 heteroatoms. The summed E-state index contributed by atoms with van der Waals surface area (Å²) in [5, 5.41) is 4.50. The molecule has 0 spiro atoms. The summed E-state index contributed by atoms with van der Waals surface area (Å²) in [5.41, 5.74) is 0.0707. The van der Waals surface area contributed by atoms with Crippen molar-refractivity contribution < 1.29 is 23.9 Å². The summed E-state index contributed by atoms with van der Waals surface area (Å²) in [4.78, 5) is 33.0. The van der Waals surface area contributed by atoms with Crippen LogP contribution in [-0.4, -0.2) is 37.7 Å². The van der Waals surface area contributed by atoms with Gasteiger partial charge in [0.2, 0.25) is 0 Å². The van der Waals surface area contributed by atoms with Gasteiger partial charge in [-0.1, -0.05) is 0 Å². The molecule has 0 aromatic carbocycles. The van der Waals surface area contributed by atoms with Crippen LogP contribution in [0, 0.1) is 0 Å². The zero-order chi connectivity index (χ0) is 12.0. The van der Waals surface area contributed by atoms with E-state index in [2.05, 4.69) is 20.1 Å². The predicted octanol–water partition coefficient (Wildman–Crippen LogP) is -0.711.